The van der Waals surface area contributed by atoms with Gasteiger partial charge in [0, 0.05) is 0 Å². The van der Waals surface area contributed by atoms with Crippen molar-refractivity contribution in [2.75, 3.05) is 0 Å². The minimum Gasteiger partial charge on any atom is -0.508 e. The molecule has 4 saturated carbocycles. The molecule has 4 fully saturated rings. The summed E-state index contributed by atoms with van der Waals surface area (Å²) in [5.41, 5.74) is 5.98. The minimum atomic E-state index is -0.0883. The van der Waals surface area contributed by atoms with Crippen molar-refractivity contribution in [1.82, 2.24) is 0 Å². The quantitative estimate of drug-likeness (QED) is 0.298. The van der Waals surface area contributed by atoms with E-state index in [2.05, 4.69) is 26.0 Å². The van der Waals surface area contributed by atoms with Gasteiger partial charge in [-0.25, -0.2) is 0 Å². The highest BCUT2D eigenvalue weighted by atomic mass is 16.3. The molecule has 0 aromatic heterocycles. The molecular weight excluding hydrogens is 512 g/mol. The predicted octanol–water partition coefficient (Wildman–Crippen LogP) is 6.39. The second-order valence-electron chi connectivity index (χ2n) is 14.9. The number of benzene rings is 2. The van der Waals surface area contributed by atoms with Crippen LogP contribution in [0.3, 0.4) is 0 Å². The van der Waals surface area contributed by atoms with Crippen LogP contribution < -0.4 is 0 Å². The molecule has 224 valence electrons. The third-order valence-electron chi connectivity index (χ3n) is 13.3. The molecule has 2 aromatic rings. The lowest BCUT2D eigenvalue weighted by molar-refractivity contribution is -0.0226. The maximum atomic E-state index is 10.4. The number of phenolic OH excluding ortho intramolecular Hbond substituents is 2. The lowest BCUT2D eigenvalue weighted by atomic mass is 9.55. The zero-order chi connectivity index (χ0) is 27.8. The van der Waals surface area contributed by atoms with Crippen molar-refractivity contribution in [1.29, 1.82) is 0 Å². The molecule has 0 saturated heterocycles. The van der Waals surface area contributed by atoms with Crippen molar-refractivity contribution in [3.05, 3.63) is 58.7 Å². The summed E-state index contributed by atoms with van der Waals surface area (Å²) in [6.07, 6.45) is 13.6. The first kappa shape index (κ1) is 29.0. The van der Waals surface area contributed by atoms with Crippen LogP contribution in [0.1, 0.15) is 112 Å². The van der Waals surface area contributed by atoms with Crippen LogP contribution in [-0.4, -0.2) is 38.1 Å². The highest BCUT2D eigenvalue weighted by Gasteiger charge is 2.55. The first-order chi connectivity index (χ1) is 19.2. The van der Waals surface area contributed by atoms with E-state index in [9.17, 15) is 20.4 Å². The fourth-order valence-electron chi connectivity index (χ4n) is 11.1. The highest BCUT2D eigenvalue weighted by Crippen LogP contribution is 2.62. The fourth-order valence-corrected chi connectivity index (χ4v) is 11.1. The maximum Gasteiger partial charge on any atom is 0.115 e. The van der Waals surface area contributed by atoms with Gasteiger partial charge in [0.2, 0.25) is 0 Å². The molecule has 5 heteroatoms. The van der Waals surface area contributed by atoms with E-state index >= 15 is 0 Å². The van der Waals surface area contributed by atoms with Gasteiger partial charge in [-0.1, -0.05) is 26.0 Å². The number of aliphatic hydroxyl groups excluding tert-OH is 2. The number of hydrogen-bond acceptors (Lipinski definition) is 4. The molecule has 41 heavy (non-hydrogen) atoms. The lowest BCUT2D eigenvalue weighted by Crippen LogP contribution is -2.43. The van der Waals surface area contributed by atoms with Crippen molar-refractivity contribution in [3.8, 4) is 11.5 Å². The number of aliphatic hydroxyl groups is 2. The van der Waals surface area contributed by atoms with Gasteiger partial charge in [0.15, 0.2) is 0 Å². The van der Waals surface area contributed by atoms with E-state index in [0.29, 0.717) is 35.2 Å². The molecule has 0 aliphatic heterocycles. The van der Waals surface area contributed by atoms with Crippen LogP contribution in [0.4, 0.5) is 0 Å². The molecule has 0 amide bonds. The van der Waals surface area contributed by atoms with Gasteiger partial charge >= 0.3 is 0 Å². The second kappa shape index (κ2) is 10.6. The molecule has 4 unspecified atom stereocenters. The van der Waals surface area contributed by atoms with Crippen LogP contribution in [0.15, 0.2) is 36.4 Å². The molecule has 2 aromatic carbocycles. The number of aryl methyl sites for hydroxylation is 2. The molecule has 6 N–H and O–H groups in total. The molecule has 6 aliphatic rings. The molecular formula is C36H50O5. The Morgan fingerprint density at radius 2 is 1.00 bits per heavy atom. The van der Waals surface area contributed by atoms with E-state index in [0.717, 1.165) is 50.4 Å². The molecule has 0 bridgehead atoms. The summed E-state index contributed by atoms with van der Waals surface area (Å²) in [4.78, 5) is 0. The van der Waals surface area contributed by atoms with E-state index in [1.54, 1.807) is 0 Å². The predicted molar refractivity (Wildman–Crippen MR) is 161 cm³/mol. The normalized spacial score (nSPS) is 41.7. The summed E-state index contributed by atoms with van der Waals surface area (Å²) < 4.78 is 0. The summed E-state index contributed by atoms with van der Waals surface area (Å²) in [6.45, 7) is 4.63. The van der Waals surface area contributed by atoms with E-state index in [1.807, 2.05) is 24.3 Å². The van der Waals surface area contributed by atoms with Gasteiger partial charge in [0.05, 0.1) is 12.2 Å². The van der Waals surface area contributed by atoms with Crippen LogP contribution in [0.25, 0.3) is 0 Å². The number of phenols is 2. The average Bonchev–Trinajstić information content (AvgIpc) is 3.43. The summed E-state index contributed by atoms with van der Waals surface area (Å²) in [5.74, 6) is 4.98. The largest absolute Gasteiger partial charge is 0.508 e. The lowest BCUT2D eigenvalue weighted by Gasteiger charge is -2.50. The van der Waals surface area contributed by atoms with Crippen molar-refractivity contribution in [2.45, 2.75) is 115 Å². The highest BCUT2D eigenvalue weighted by molar-refractivity contribution is 5.41. The molecule has 0 heterocycles. The van der Waals surface area contributed by atoms with Gasteiger partial charge in [0.1, 0.15) is 11.5 Å². The van der Waals surface area contributed by atoms with Crippen LogP contribution in [0, 0.1) is 34.5 Å². The first-order valence-corrected chi connectivity index (χ1v) is 16.2. The van der Waals surface area contributed by atoms with Crippen molar-refractivity contribution in [3.63, 3.8) is 0 Å². The van der Waals surface area contributed by atoms with Gasteiger partial charge < -0.3 is 25.9 Å². The number of hydrogen-bond donors (Lipinski definition) is 4. The molecule has 5 nitrogen and oxygen atoms in total. The fraction of sp³-hybridized carbons (Fsp3) is 0.667. The van der Waals surface area contributed by atoms with Gasteiger partial charge in [-0.15, -0.1) is 0 Å². The maximum absolute atomic E-state index is 10.4. The van der Waals surface area contributed by atoms with Crippen LogP contribution >= 0.6 is 0 Å². The van der Waals surface area contributed by atoms with Gasteiger partial charge in [0.25, 0.3) is 0 Å². The van der Waals surface area contributed by atoms with Crippen molar-refractivity contribution >= 4 is 0 Å². The van der Waals surface area contributed by atoms with Crippen LogP contribution in [-0.2, 0) is 12.8 Å². The summed E-state index contributed by atoms with van der Waals surface area (Å²) in [7, 11) is 0. The smallest absolute Gasteiger partial charge is 0.115 e. The standard InChI is InChI=1S/2C18H24O2.H2O/c2*1-18-9-8-14-13-5-3-12(19)10-11(13)2-4-15(14)16(18)6-7-17(18)20;/h2*3,5,10,14-17,19-20H,2,4,6-9H2,1H3;1H2/t2*14?,15-,16?,17-,18+;/m11./s1. The molecule has 6 aliphatic carbocycles. The topological polar surface area (TPSA) is 112 Å². The number of rotatable bonds is 0. The SMILES string of the molecule is C[C@]12CCC3c4ccc(O)cc4CC[C@H]3C1CC[C@H]2O.C[C@]12CCC3c4ccc(O)cc4CC[C@H]3C1CC[C@H]2O.O. The van der Waals surface area contributed by atoms with Crippen molar-refractivity contribution < 1.29 is 25.9 Å². The molecule has 0 spiro atoms. The van der Waals surface area contributed by atoms with Crippen LogP contribution in [0.5, 0.6) is 11.5 Å². The van der Waals surface area contributed by atoms with E-state index < -0.39 is 0 Å². The van der Waals surface area contributed by atoms with E-state index in [-0.39, 0.29) is 28.5 Å². The van der Waals surface area contributed by atoms with E-state index in [4.69, 9.17) is 0 Å². The first-order valence-electron chi connectivity index (χ1n) is 16.2. The Bertz CT molecular complexity index is 1180. The zero-order valence-electron chi connectivity index (χ0n) is 24.9. The second-order valence-corrected chi connectivity index (χ2v) is 14.9. The Kier molecular flexibility index (Phi) is 7.48. The van der Waals surface area contributed by atoms with Crippen LogP contribution in [0.2, 0.25) is 0 Å². The third-order valence-corrected chi connectivity index (χ3v) is 13.3. The van der Waals surface area contributed by atoms with Gasteiger partial charge in [-0.05, 0) is 170 Å². The Hall–Kier alpha value is -2.08. The van der Waals surface area contributed by atoms with Gasteiger partial charge in [-0.3, -0.25) is 0 Å². The monoisotopic (exact) mass is 562 g/mol. The Balaban J connectivity index is 0.000000144. The Labute approximate surface area is 245 Å². The summed E-state index contributed by atoms with van der Waals surface area (Å²) in [6, 6.07) is 11.9. The van der Waals surface area contributed by atoms with E-state index in [1.165, 1.54) is 60.8 Å². The summed E-state index contributed by atoms with van der Waals surface area (Å²) >= 11 is 0. The number of aromatic hydroxyl groups is 2. The molecule has 8 rings (SSSR count). The Morgan fingerprint density at radius 1 is 0.585 bits per heavy atom. The summed E-state index contributed by atoms with van der Waals surface area (Å²) in [5, 5.41) is 40.1. The average molecular weight is 563 g/mol. The van der Waals surface area contributed by atoms with Gasteiger partial charge in [-0.2, -0.15) is 0 Å². The molecule has 0 radical (unpaired) electrons. The zero-order valence-corrected chi connectivity index (χ0v) is 24.9. The third kappa shape index (κ3) is 4.53. The number of fused-ring (bicyclic) bond motifs is 10. The Morgan fingerprint density at radius 3 is 1.41 bits per heavy atom. The molecule has 10 atom stereocenters. The minimum absolute atomic E-state index is 0. The van der Waals surface area contributed by atoms with Crippen molar-refractivity contribution in [2.24, 2.45) is 34.5 Å².